The topological polar surface area (TPSA) is 0 Å². The van der Waals surface area contributed by atoms with Gasteiger partial charge in [0, 0.05) is 40.3 Å². The fourth-order valence-electron chi connectivity index (χ4n) is 9.92. The molecule has 58 heavy (non-hydrogen) atoms. The zero-order chi connectivity index (χ0) is 37.9. The lowest BCUT2D eigenvalue weighted by atomic mass is 9.83. The summed E-state index contributed by atoms with van der Waals surface area (Å²) in [5.74, 6) is 0. The standard InChI is InChI=1S/C56H32S2/c1-2-14-36-33(12-1)13-11-22-42(36)52-43-18-5-7-20-45(43)53(46-21-8-6-19-44(46)52)47-29-28-37(39-15-3-4-16-40(39)47)34-24-26-38-35(32-34)25-27-49-54-51(58-55(38)49)31-30-48-41-17-9-10-23-50(41)57-56(48)54/h1-32H. The predicted molar refractivity (Wildman–Crippen MR) is 256 cm³/mol. The highest BCUT2D eigenvalue weighted by molar-refractivity contribution is 7.30. The van der Waals surface area contributed by atoms with Crippen LogP contribution in [-0.2, 0) is 0 Å². The fraction of sp³-hybridized carbons (Fsp3) is 0. The molecule has 0 saturated heterocycles. The van der Waals surface area contributed by atoms with Crippen LogP contribution in [0.4, 0.5) is 0 Å². The molecule has 0 spiro atoms. The lowest BCUT2D eigenvalue weighted by molar-refractivity contribution is 1.67. The summed E-state index contributed by atoms with van der Waals surface area (Å²) >= 11 is 3.85. The molecule has 13 rings (SSSR count). The van der Waals surface area contributed by atoms with Crippen molar-refractivity contribution in [3.05, 3.63) is 194 Å². The quantitative estimate of drug-likeness (QED) is 0.157. The van der Waals surface area contributed by atoms with Gasteiger partial charge in [0.15, 0.2) is 0 Å². The minimum absolute atomic E-state index is 1.24. The van der Waals surface area contributed by atoms with Gasteiger partial charge in [0.05, 0.1) is 0 Å². The third kappa shape index (κ3) is 4.56. The number of hydrogen-bond acceptors (Lipinski definition) is 2. The second-order valence-corrected chi connectivity index (χ2v) is 17.6. The number of fused-ring (bicyclic) bond motifs is 13. The van der Waals surface area contributed by atoms with Crippen LogP contribution in [0, 0.1) is 0 Å². The third-order valence-electron chi connectivity index (χ3n) is 12.5. The highest BCUT2D eigenvalue weighted by Crippen LogP contribution is 2.49. The van der Waals surface area contributed by atoms with Gasteiger partial charge >= 0.3 is 0 Å². The second kappa shape index (κ2) is 12.3. The van der Waals surface area contributed by atoms with Crippen LogP contribution in [-0.4, -0.2) is 0 Å². The Morgan fingerprint density at radius 2 is 0.793 bits per heavy atom. The Bertz CT molecular complexity index is 3800. The van der Waals surface area contributed by atoms with Gasteiger partial charge < -0.3 is 0 Å². The van der Waals surface area contributed by atoms with Crippen LogP contribution in [0.2, 0.25) is 0 Å². The first kappa shape index (κ1) is 32.3. The first-order valence-electron chi connectivity index (χ1n) is 19.9. The predicted octanol–water partition coefficient (Wildman–Crippen LogP) is 17.2. The molecule has 0 saturated carbocycles. The molecule has 0 radical (unpaired) electrons. The molecule has 0 unspecified atom stereocenters. The summed E-state index contributed by atoms with van der Waals surface area (Å²) in [5.41, 5.74) is 7.61. The van der Waals surface area contributed by atoms with E-state index in [1.54, 1.807) is 0 Å². The molecule has 0 aliphatic carbocycles. The molecule has 0 aliphatic heterocycles. The number of hydrogen-bond donors (Lipinski definition) is 0. The molecule has 13 aromatic rings. The van der Waals surface area contributed by atoms with Crippen molar-refractivity contribution < 1.29 is 0 Å². The number of benzene rings is 11. The highest BCUT2D eigenvalue weighted by atomic mass is 32.1. The van der Waals surface area contributed by atoms with E-state index < -0.39 is 0 Å². The van der Waals surface area contributed by atoms with E-state index in [1.807, 2.05) is 22.7 Å². The van der Waals surface area contributed by atoms with Crippen LogP contribution in [0.5, 0.6) is 0 Å². The second-order valence-electron chi connectivity index (χ2n) is 15.5. The van der Waals surface area contributed by atoms with E-state index >= 15 is 0 Å². The number of rotatable bonds is 3. The maximum absolute atomic E-state index is 2.40. The average molecular weight is 769 g/mol. The van der Waals surface area contributed by atoms with Gasteiger partial charge in [0.1, 0.15) is 0 Å². The molecular formula is C56H32S2. The molecule has 0 nitrogen and oxygen atoms in total. The van der Waals surface area contributed by atoms with E-state index in [9.17, 15) is 0 Å². The van der Waals surface area contributed by atoms with Crippen LogP contribution in [0.3, 0.4) is 0 Å². The summed E-state index contributed by atoms with van der Waals surface area (Å²) in [6.45, 7) is 0. The molecular weight excluding hydrogens is 737 g/mol. The average Bonchev–Trinajstić information content (AvgIpc) is 3.86. The molecule has 0 atom stereocenters. The van der Waals surface area contributed by atoms with Gasteiger partial charge in [0.25, 0.3) is 0 Å². The van der Waals surface area contributed by atoms with Gasteiger partial charge in [-0.3, -0.25) is 0 Å². The summed E-state index contributed by atoms with van der Waals surface area (Å²) in [6.07, 6.45) is 0. The van der Waals surface area contributed by atoms with Crippen molar-refractivity contribution in [2.75, 3.05) is 0 Å². The summed E-state index contributed by atoms with van der Waals surface area (Å²) < 4.78 is 5.48. The molecule has 0 amide bonds. The Balaban J connectivity index is 1.01. The van der Waals surface area contributed by atoms with Gasteiger partial charge in [0.2, 0.25) is 0 Å². The van der Waals surface area contributed by atoms with Crippen molar-refractivity contribution >= 4 is 117 Å². The van der Waals surface area contributed by atoms with E-state index in [-0.39, 0.29) is 0 Å². The zero-order valence-electron chi connectivity index (χ0n) is 31.3. The minimum atomic E-state index is 1.24. The fourth-order valence-corrected chi connectivity index (χ4v) is 12.5. The van der Waals surface area contributed by atoms with Gasteiger partial charge in [-0.05, 0) is 105 Å². The maximum Gasteiger partial charge on any atom is 0.0448 e. The van der Waals surface area contributed by atoms with E-state index in [2.05, 4.69) is 194 Å². The molecule has 2 aromatic heterocycles. The maximum atomic E-state index is 2.40. The van der Waals surface area contributed by atoms with Crippen LogP contribution in [0.1, 0.15) is 0 Å². The lowest BCUT2D eigenvalue weighted by Crippen LogP contribution is -1.93. The Kier molecular flexibility index (Phi) is 6.86. The van der Waals surface area contributed by atoms with Gasteiger partial charge in [-0.25, -0.2) is 0 Å². The Morgan fingerprint density at radius 1 is 0.259 bits per heavy atom. The SMILES string of the molecule is c1ccc2c(-c3c4ccccc4c(-c4ccc(-c5ccc6c(ccc7c6sc6ccc8c9ccccc9sc8c67)c5)c5ccccc45)c4ccccc34)cccc2c1. The van der Waals surface area contributed by atoms with Crippen LogP contribution in [0.25, 0.3) is 128 Å². The molecule has 0 aliphatic rings. The van der Waals surface area contributed by atoms with E-state index in [1.165, 1.54) is 128 Å². The van der Waals surface area contributed by atoms with E-state index in [0.717, 1.165) is 0 Å². The number of thiophene rings is 2. The normalized spacial score (nSPS) is 12.1. The lowest BCUT2D eigenvalue weighted by Gasteiger charge is -2.20. The molecule has 0 N–H and O–H groups in total. The van der Waals surface area contributed by atoms with Crippen molar-refractivity contribution in [1.82, 2.24) is 0 Å². The zero-order valence-corrected chi connectivity index (χ0v) is 32.9. The van der Waals surface area contributed by atoms with Crippen molar-refractivity contribution in [1.29, 1.82) is 0 Å². The van der Waals surface area contributed by atoms with Gasteiger partial charge in [-0.1, -0.05) is 176 Å². The van der Waals surface area contributed by atoms with Crippen molar-refractivity contribution in [3.63, 3.8) is 0 Å². The molecule has 268 valence electrons. The molecule has 2 heteroatoms. The summed E-state index contributed by atoms with van der Waals surface area (Å²) in [7, 11) is 0. The Labute approximate surface area is 342 Å². The Morgan fingerprint density at radius 3 is 1.53 bits per heavy atom. The molecule has 0 fully saturated rings. The largest absolute Gasteiger partial charge is 0.134 e. The highest BCUT2D eigenvalue weighted by Gasteiger charge is 2.21. The molecule has 0 bridgehead atoms. The van der Waals surface area contributed by atoms with Gasteiger partial charge in [-0.15, -0.1) is 22.7 Å². The monoisotopic (exact) mass is 768 g/mol. The van der Waals surface area contributed by atoms with Crippen LogP contribution < -0.4 is 0 Å². The third-order valence-corrected chi connectivity index (χ3v) is 14.9. The molecule has 11 aromatic carbocycles. The van der Waals surface area contributed by atoms with Crippen LogP contribution in [0.15, 0.2) is 194 Å². The van der Waals surface area contributed by atoms with Crippen molar-refractivity contribution in [2.24, 2.45) is 0 Å². The van der Waals surface area contributed by atoms with Crippen LogP contribution >= 0.6 is 22.7 Å². The smallest absolute Gasteiger partial charge is 0.0448 e. The van der Waals surface area contributed by atoms with E-state index in [4.69, 9.17) is 0 Å². The molecule has 2 heterocycles. The van der Waals surface area contributed by atoms with Crippen molar-refractivity contribution in [3.8, 4) is 33.4 Å². The van der Waals surface area contributed by atoms with Gasteiger partial charge in [-0.2, -0.15) is 0 Å². The van der Waals surface area contributed by atoms with Crippen molar-refractivity contribution in [2.45, 2.75) is 0 Å². The summed E-state index contributed by atoms with van der Waals surface area (Å²) in [4.78, 5) is 0. The van der Waals surface area contributed by atoms with E-state index in [0.29, 0.717) is 0 Å². The summed E-state index contributed by atoms with van der Waals surface area (Å²) in [6, 6.07) is 72.5. The first-order valence-corrected chi connectivity index (χ1v) is 21.6. The summed E-state index contributed by atoms with van der Waals surface area (Å²) in [5, 5.41) is 18.2. The minimum Gasteiger partial charge on any atom is -0.134 e. The Hall–Kier alpha value is -6.84. The first-order chi connectivity index (χ1) is 28.8.